The minimum absolute atomic E-state index is 0.439. The Balaban J connectivity index is 1.83. The van der Waals surface area contributed by atoms with Crippen molar-refractivity contribution in [1.29, 1.82) is 0 Å². The molecule has 1 amide bonds. The molecule has 0 aliphatic carbocycles. The van der Waals surface area contributed by atoms with Crippen molar-refractivity contribution in [3.05, 3.63) is 92.8 Å². The maximum atomic E-state index is 12.6. The van der Waals surface area contributed by atoms with Crippen LogP contribution in [0, 0.1) is 13.8 Å². The number of fused-ring (bicyclic) bond motifs is 3. The van der Waals surface area contributed by atoms with Crippen molar-refractivity contribution >= 4 is 40.4 Å². The third-order valence-electron chi connectivity index (χ3n) is 5.76. The first-order chi connectivity index (χ1) is 16.4. The maximum absolute atomic E-state index is 12.6. The molecule has 1 aliphatic heterocycles. The van der Waals surface area contributed by atoms with Crippen LogP contribution in [0.3, 0.4) is 0 Å². The summed E-state index contributed by atoms with van der Waals surface area (Å²) in [5.74, 6) is 1.10. The molecule has 4 aromatic rings. The molecule has 0 saturated heterocycles. The molecule has 5 rings (SSSR count). The van der Waals surface area contributed by atoms with Gasteiger partial charge in [-0.2, -0.15) is 0 Å². The second-order valence-corrected chi connectivity index (χ2v) is 9.57. The summed E-state index contributed by atoms with van der Waals surface area (Å²) < 4.78 is 1.92. The van der Waals surface area contributed by atoms with Crippen LogP contribution in [0.5, 0.6) is 0 Å². The van der Waals surface area contributed by atoms with Crippen LogP contribution in [0.1, 0.15) is 46.3 Å². The maximum Gasteiger partial charge on any atom is 0.413 e. The first kappa shape index (κ1) is 22.3. The molecule has 0 bridgehead atoms. The summed E-state index contributed by atoms with van der Waals surface area (Å²) in [6.07, 6.45) is -1.24. The van der Waals surface area contributed by atoms with E-state index < -0.39 is 12.3 Å². The molecule has 9 heteroatoms. The number of aryl methyl sites for hydroxylation is 3. The van der Waals surface area contributed by atoms with Gasteiger partial charge in [-0.05, 0) is 50.1 Å². The fourth-order valence-electron chi connectivity index (χ4n) is 4.16. The Hall–Kier alpha value is -3.49. The summed E-state index contributed by atoms with van der Waals surface area (Å²) in [6.45, 7) is 5.89. The molecule has 0 radical (unpaired) electrons. The van der Waals surface area contributed by atoms with E-state index in [4.69, 9.17) is 16.6 Å². The van der Waals surface area contributed by atoms with E-state index in [2.05, 4.69) is 23.2 Å². The zero-order valence-corrected chi connectivity index (χ0v) is 20.4. The van der Waals surface area contributed by atoms with E-state index in [0.29, 0.717) is 28.1 Å². The van der Waals surface area contributed by atoms with E-state index in [1.54, 1.807) is 17.4 Å². The number of rotatable bonds is 4. The number of aliphatic imine (C=N–C) groups is 1. The zero-order chi connectivity index (χ0) is 24.0. The van der Waals surface area contributed by atoms with Gasteiger partial charge in [-0.3, -0.25) is 9.56 Å². The lowest BCUT2D eigenvalue weighted by Gasteiger charge is -2.26. The van der Waals surface area contributed by atoms with Crippen molar-refractivity contribution in [3.8, 4) is 5.00 Å². The number of carbonyl (C=O) groups is 1. The highest BCUT2D eigenvalue weighted by molar-refractivity contribution is 7.15. The second-order valence-electron chi connectivity index (χ2n) is 8.05. The highest BCUT2D eigenvalue weighted by atomic mass is 35.5. The molecule has 2 aromatic carbocycles. The predicted octanol–water partition coefficient (Wildman–Crippen LogP) is 6.20. The fourth-order valence-corrected chi connectivity index (χ4v) is 5.54. The lowest BCUT2D eigenvalue weighted by Crippen LogP contribution is -2.34. The van der Waals surface area contributed by atoms with E-state index in [-0.39, 0.29) is 0 Å². The normalized spacial score (nSPS) is 14.7. The van der Waals surface area contributed by atoms with E-state index in [9.17, 15) is 9.90 Å². The Morgan fingerprint density at radius 2 is 1.91 bits per heavy atom. The van der Waals surface area contributed by atoms with Gasteiger partial charge in [0.2, 0.25) is 0 Å². The number of aromatic nitrogens is 3. The SMILES string of the molecule is CCc1cc2c(s1)-n1c(C)nnc1C(N(C(=O)O)c1cccc(C)c1)N=C2c1ccccc1Cl. The average molecular weight is 492 g/mol. The highest BCUT2D eigenvalue weighted by Gasteiger charge is 2.36. The molecule has 7 nitrogen and oxygen atoms in total. The van der Waals surface area contributed by atoms with Crippen LogP contribution in [0.15, 0.2) is 59.6 Å². The number of amides is 1. The molecular formula is C25H22ClN5O2S. The Bertz CT molecular complexity index is 1440. The smallest absolute Gasteiger partial charge is 0.413 e. The van der Waals surface area contributed by atoms with Gasteiger partial charge in [0.05, 0.1) is 11.4 Å². The van der Waals surface area contributed by atoms with Crippen LogP contribution >= 0.6 is 22.9 Å². The number of anilines is 1. The van der Waals surface area contributed by atoms with Crippen LogP contribution < -0.4 is 4.90 Å². The molecule has 2 aromatic heterocycles. The first-order valence-electron chi connectivity index (χ1n) is 10.9. The largest absolute Gasteiger partial charge is 0.465 e. The lowest BCUT2D eigenvalue weighted by molar-refractivity contribution is 0.199. The monoisotopic (exact) mass is 491 g/mol. The molecule has 0 fully saturated rings. The first-order valence-corrected chi connectivity index (χ1v) is 12.1. The van der Waals surface area contributed by atoms with Crippen LogP contribution in [0.4, 0.5) is 10.5 Å². The van der Waals surface area contributed by atoms with Gasteiger partial charge in [-0.15, -0.1) is 21.5 Å². The standard InChI is InChI=1S/C25H22ClN5O2S/c1-4-17-13-19-21(18-10-5-6-11-20(18)26)27-22(23-29-28-15(3)30(23)24(19)34-17)31(25(32)33)16-9-7-8-14(2)12-16/h5-13,22H,4H2,1-3H3,(H,32,33). The molecule has 0 spiro atoms. The zero-order valence-electron chi connectivity index (χ0n) is 18.9. The Morgan fingerprint density at radius 1 is 1.12 bits per heavy atom. The molecule has 172 valence electrons. The lowest BCUT2D eigenvalue weighted by atomic mass is 10.0. The number of nitrogens with zero attached hydrogens (tertiary/aromatic N) is 5. The molecular weight excluding hydrogens is 470 g/mol. The molecule has 1 atom stereocenters. The van der Waals surface area contributed by atoms with Crippen molar-refractivity contribution in [2.24, 2.45) is 4.99 Å². The van der Waals surface area contributed by atoms with Crippen LogP contribution in [-0.4, -0.2) is 31.7 Å². The van der Waals surface area contributed by atoms with Gasteiger partial charge in [0, 0.05) is 21.0 Å². The second kappa shape index (κ2) is 8.70. The van der Waals surface area contributed by atoms with Crippen molar-refractivity contribution in [2.45, 2.75) is 33.4 Å². The number of halogens is 1. The number of benzene rings is 2. The quantitative estimate of drug-likeness (QED) is 0.368. The number of carboxylic acid groups (broad SMARTS) is 1. The van der Waals surface area contributed by atoms with Gasteiger partial charge in [-0.25, -0.2) is 9.69 Å². The Labute approximate surface area is 206 Å². The summed E-state index contributed by atoms with van der Waals surface area (Å²) in [5.41, 5.74) is 3.70. The van der Waals surface area contributed by atoms with Crippen LogP contribution in [0.25, 0.3) is 5.00 Å². The van der Waals surface area contributed by atoms with Gasteiger partial charge in [0.25, 0.3) is 0 Å². The van der Waals surface area contributed by atoms with Crippen molar-refractivity contribution in [1.82, 2.24) is 14.8 Å². The Kier molecular flexibility index (Phi) is 5.71. The molecule has 3 heterocycles. The summed E-state index contributed by atoms with van der Waals surface area (Å²) in [6, 6.07) is 16.9. The van der Waals surface area contributed by atoms with Gasteiger partial charge in [-0.1, -0.05) is 48.9 Å². The van der Waals surface area contributed by atoms with Crippen LogP contribution in [0.2, 0.25) is 5.02 Å². The third kappa shape index (κ3) is 3.69. The summed E-state index contributed by atoms with van der Waals surface area (Å²) >= 11 is 8.25. The molecule has 0 saturated carbocycles. The van der Waals surface area contributed by atoms with Crippen molar-refractivity contribution in [3.63, 3.8) is 0 Å². The van der Waals surface area contributed by atoms with Gasteiger partial charge in [0.15, 0.2) is 12.0 Å². The minimum atomic E-state index is -1.13. The highest BCUT2D eigenvalue weighted by Crippen LogP contribution is 2.39. The molecule has 1 unspecified atom stereocenters. The molecule has 1 N–H and O–H groups in total. The van der Waals surface area contributed by atoms with Gasteiger partial charge in [0.1, 0.15) is 10.8 Å². The van der Waals surface area contributed by atoms with E-state index in [0.717, 1.165) is 28.1 Å². The van der Waals surface area contributed by atoms with Gasteiger partial charge < -0.3 is 5.11 Å². The van der Waals surface area contributed by atoms with Crippen molar-refractivity contribution < 1.29 is 9.90 Å². The summed E-state index contributed by atoms with van der Waals surface area (Å²) in [5, 5.41) is 20.5. The average Bonchev–Trinajstić information content (AvgIpc) is 3.37. The number of hydrogen-bond acceptors (Lipinski definition) is 5. The number of thiophene rings is 1. The van der Waals surface area contributed by atoms with E-state index >= 15 is 0 Å². The summed E-state index contributed by atoms with van der Waals surface area (Å²) in [7, 11) is 0. The van der Waals surface area contributed by atoms with Crippen LogP contribution in [-0.2, 0) is 6.42 Å². The third-order valence-corrected chi connectivity index (χ3v) is 7.36. The predicted molar refractivity (Wildman–Crippen MR) is 135 cm³/mol. The fraction of sp³-hybridized carbons (Fsp3) is 0.200. The minimum Gasteiger partial charge on any atom is -0.465 e. The Morgan fingerprint density at radius 3 is 2.62 bits per heavy atom. The molecule has 1 aliphatic rings. The topological polar surface area (TPSA) is 83.6 Å². The van der Waals surface area contributed by atoms with Crippen molar-refractivity contribution in [2.75, 3.05) is 4.90 Å². The summed E-state index contributed by atoms with van der Waals surface area (Å²) in [4.78, 5) is 20.1. The van der Waals surface area contributed by atoms with E-state index in [1.807, 2.05) is 60.9 Å². The van der Waals surface area contributed by atoms with E-state index in [1.165, 1.54) is 9.78 Å². The van der Waals surface area contributed by atoms with Gasteiger partial charge >= 0.3 is 6.09 Å². The molecule has 34 heavy (non-hydrogen) atoms. The number of hydrogen-bond donors (Lipinski definition) is 1.